The molecule has 1 aliphatic carbocycles. The van der Waals surface area contributed by atoms with Crippen LogP contribution in [0.1, 0.15) is 39.0 Å². The molecule has 2 heterocycles. The first-order valence-corrected chi connectivity index (χ1v) is 11.4. The molecule has 0 bridgehead atoms. The molecule has 0 atom stereocenters. The molecule has 152 valence electrons. The molecule has 7 nitrogen and oxygen atoms in total. The molecule has 1 aromatic carbocycles. The van der Waals surface area contributed by atoms with Crippen molar-refractivity contribution in [3.63, 3.8) is 0 Å². The number of anilines is 2. The lowest BCUT2D eigenvalue weighted by Gasteiger charge is -2.21. The Labute approximate surface area is 170 Å². The maximum Gasteiger partial charge on any atom is 0.229 e. The van der Waals surface area contributed by atoms with Gasteiger partial charge >= 0.3 is 0 Å². The maximum absolute atomic E-state index is 12.2. The average molecular weight is 412 g/mol. The van der Waals surface area contributed by atoms with Gasteiger partial charge in [-0.05, 0) is 49.9 Å². The summed E-state index contributed by atoms with van der Waals surface area (Å²) in [5.41, 5.74) is 1.53. The smallest absolute Gasteiger partial charge is 0.229 e. The van der Waals surface area contributed by atoms with Gasteiger partial charge in [-0.25, -0.2) is 18.1 Å². The van der Waals surface area contributed by atoms with Crippen LogP contribution in [0.15, 0.2) is 53.0 Å². The summed E-state index contributed by atoms with van der Waals surface area (Å²) >= 11 is 0. The van der Waals surface area contributed by atoms with E-state index in [0.29, 0.717) is 17.6 Å². The molecule has 0 unspecified atom stereocenters. The first-order valence-electron chi connectivity index (χ1n) is 9.90. The zero-order valence-corrected chi connectivity index (χ0v) is 17.3. The molecule has 1 aliphatic rings. The minimum atomic E-state index is -3.47. The second kappa shape index (κ2) is 7.94. The Bertz CT molecular complexity index is 1130. The topological polar surface area (TPSA) is 89.8 Å². The fourth-order valence-corrected chi connectivity index (χ4v) is 4.62. The van der Waals surface area contributed by atoms with Crippen LogP contribution in [-0.2, 0) is 16.4 Å². The molecular weight excluding hydrogens is 386 g/mol. The quantitative estimate of drug-likeness (QED) is 0.644. The number of allylic oxidation sites excluding steroid dienone is 1. The van der Waals surface area contributed by atoms with Gasteiger partial charge in [0, 0.05) is 23.3 Å². The molecule has 0 amide bonds. The van der Waals surface area contributed by atoms with Gasteiger partial charge in [-0.3, -0.25) is 0 Å². The lowest BCUT2D eigenvalue weighted by atomic mass is 9.89. The van der Waals surface area contributed by atoms with E-state index in [1.807, 2.05) is 4.68 Å². The van der Waals surface area contributed by atoms with E-state index < -0.39 is 9.84 Å². The van der Waals surface area contributed by atoms with E-state index in [2.05, 4.69) is 27.0 Å². The third kappa shape index (κ3) is 4.17. The van der Waals surface area contributed by atoms with Crippen molar-refractivity contribution in [2.24, 2.45) is 5.92 Å². The highest BCUT2D eigenvalue weighted by Gasteiger charge is 2.17. The van der Waals surface area contributed by atoms with Crippen molar-refractivity contribution in [1.29, 1.82) is 0 Å². The van der Waals surface area contributed by atoms with Crippen LogP contribution in [0.3, 0.4) is 0 Å². The molecular formula is C21H25N5O2S. The number of hydrogen-bond donors (Lipinski definition) is 1. The van der Waals surface area contributed by atoms with Crippen LogP contribution in [0.5, 0.6) is 0 Å². The van der Waals surface area contributed by atoms with E-state index in [1.165, 1.54) is 39.0 Å². The van der Waals surface area contributed by atoms with Crippen molar-refractivity contribution in [3.8, 4) is 0 Å². The van der Waals surface area contributed by atoms with Crippen LogP contribution in [0.25, 0.3) is 11.0 Å². The molecule has 0 spiro atoms. The van der Waals surface area contributed by atoms with Crippen molar-refractivity contribution in [3.05, 3.63) is 48.1 Å². The summed E-state index contributed by atoms with van der Waals surface area (Å²) < 4.78 is 26.3. The molecule has 1 N–H and O–H groups in total. The van der Waals surface area contributed by atoms with E-state index in [9.17, 15) is 8.42 Å². The first kappa shape index (κ1) is 19.6. The minimum Gasteiger partial charge on any atom is -0.324 e. The van der Waals surface area contributed by atoms with Crippen LogP contribution >= 0.6 is 0 Å². The summed E-state index contributed by atoms with van der Waals surface area (Å²) in [6, 6.07) is 6.50. The lowest BCUT2D eigenvalue weighted by molar-refractivity contribution is 0.311. The van der Waals surface area contributed by atoms with Gasteiger partial charge < -0.3 is 5.32 Å². The van der Waals surface area contributed by atoms with Gasteiger partial charge in [-0.1, -0.05) is 25.8 Å². The number of rotatable bonds is 6. The van der Waals surface area contributed by atoms with Gasteiger partial charge in [0.25, 0.3) is 0 Å². The molecule has 29 heavy (non-hydrogen) atoms. The molecule has 0 radical (unpaired) electrons. The van der Waals surface area contributed by atoms with Crippen molar-refractivity contribution >= 4 is 32.5 Å². The van der Waals surface area contributed by atoms with E-state index in [1.54, 1.807) is 36.7 Å². The van der Waals surface area contributed by atoms with E-state index in [0.717, 1.165) is 17.6 Å². The van der Waals surface area contributed by atoms with Crippen LogP contribution < -0.4 is 5.32 Å². The summed E-state index contributed by atoms with van der Waals surface area (Å²) in [7, 11) is -3.47. The Balaban J connectivity index is 1.53. The van der Waals surface area contributed by atoms with Crippen LogP contribution in [0.2, 0.25) is 0 Å². The summed E-state index contributed by atoms with van der Waals surface area (Å²) in [6.45, 7) is 5.90. The van der Waals surface area contributed by atoms with Crippen molar-refractivity contribution in [2.75, 3.05) is 5.32 Å². The Morgan fingerprint density at radius 3 is 2.59 bits per heavy atom. The van der Waals surface area contributed by atoms with Gasteiger partial charge in [0.15, 0.2) is 5.65 Å². The molecule has 4 rings (SSSR count). The number of hydrogen-bond acceptors (Lipinski definition) is 6. The van der Waals surface area contributed by atoms with E-state index in [-0.39, 0.29) is 9.80 Å². The number of fused-ring (bicyclic) bond motifs is 1. The third-order valence-electron chi connectivity index (χ3n) is 5.41. The summed E-state index contributed by atoms with van der Waals surface area (Å²) in [6.07, 6.45) is 9.98. The highest BCUT2D eigenvalue weighted by Crippen LogP contribution is 2.26. The second-order valence-corrected chi connectivity index (χ2v) is 9.83. The predicted octanol–water partition coefficient (Wildman–Crippen LogP) is 4.46. The summed E-state index contributed by atoms with van der Waals surface area (Å²) in [4.78, 5) is 9.34. The first-order chi connectivity index (χ1) is 13.9. The highest BCUT2D eigenvalue weighted by atomic mass is 32.2. The van der Waals surface area contributed by atoms with Crippen LogP contribution in [0.4, 0.5) is 11.6 Å². The number of sulfone groups is 1. The highest BCUT2D eigenvalue weighted by molar-refractivity contribution is 7.95. The lowest BCUT2D eigenvalue weighted by Crippen LogP contribution is -2.15. The van der Waals surface area contributed by atoms with Crippen molar-refractivity contribution in [1.82, 2.24) is 19.7 Å². The normalized spacial score (nSPS) is 15.5. The number of benzene rings is 1. The molecule has 0 saturated heterocycles. The number of aromatic nitrogens is 4. The van der Waals surface area contributed by atoms with Gasteiger partial charge in [0.1, 0.15) is 0 Å². The molecule has 3 aromatic rings. The number of nitrogens with one attached hydrogen (secondary N) is 1. The van der Waals surface area contributed by atoms with Gasteiger partial charge in [0.05, 0.1) is 16.5 Å². The standard InChI is InChI=1S/C21H25N5O2S/c1-15(2)29(27,28)19-10-8-18(9-11-19)24-21-22-12-17-13-23-26(20(17)25-21)14-16-6-4-3-5-7-16/h8-13,16H,1,3-7,14H2,2H3,(H,22,24,25). The van der Waals surface area contributed by atoms with Crippen LogP contribution in [-0.4, -0.2) is 28.2 Å². The third-order valence-corrected chi connectivity index (χ3v) is 7.22. The molecule has 1 saturated carbocycles. The summed E-state index contributed by atoms with van der Waals surface area (Å²) in [5.74, 6) is 1.11. The fourth-order valence-electron chi connectivity index (χ4n) is 3.72. The fraction of sp³-hybridized carbons (Fsp3) is 0.381. The van der Waals surface area contributed by atoms with Gasteiger partial charge in [-0.2, -0.15) is 10.1 Å². The Kier molecular flexibility index (Phi) is 5.36. The van der Waals surface area contributed by atoms with Gasteiger partial charge in [0.2, 0.25) is 15.8 Å². The monoisotopic (exact) mass is 411 g/mol. The Hall–Kier alpha value is -2.74. The van der Waals surface area contributed by atoms with Crippen molar-refractivity contribution in [2.45, 2.75) is 50.5 Å². The van der Waals surface area contributed by atoms with Crippen LogP contribution in [0, 0.1) is 5.92 Å². The largest absolute Gasteiger partial charge is 0.324 e. The number of nitrogens with zero attached hydrogens (tertiary/aromatic N) is 4. The predicted molar refractivity (Wildman–Crippen MR) is 114 cm³/mol. The minimum absolute atomic E-state index is 0.123. The summed E-state index contributed by atoms with van der Waals surface area (Å²) in [5, 5.41) is 8.56. The zero-order chi connectivity index (χ0) is 20.4. The average Bonchev–Trinajstić information content (AvgIpc) is 3.11. The van der Waals surface area contributed by atoms with E-state index in [4.69, 9.17) is 0 Å². The Morgan fingerprint density at radius 2 is 1.90 bits per heavy atom. The SMILES string of the molecule is C=C(C)S(=O)(=O)c1ccc(Nc2ncc3cnn(CC4CCCCC4)c3n2)cc1. The Morgan fingerprint density at radius 1 is 1.17 bits per heavy atom. The van der Waals surface area contributed by atoms with Gasteiger partial charge in [-0.15, -0.1) is 0 Å². The maximum atomic E-state index is 12.2. The second-order valence-electron chi connectivity index (χ2n) is 7.66. The zero-order valence-electron chi connectivity index (χ0n) is 16.5. The van der Waals surface area contributed by atoms with E-state index >= 15 is 0 Å². The molecule has 8 heteroatoms. The molecule has 1 fully saturated rings. The molecule has 2 aromatic heterocycles. The van der Waals surface area contributed by atoms with Crippen molar-refractivity contribution < 1.29 is 8.42 Å². The molecule has 0 aliphatic heterocycles.